The second kappa shape index (κ2) is 6.88. The third-order valence-electron chi connectivity index (χ3n) is 4.34. The van der Waals surface area contributed by atoms with Gasteiger partial charge in [-0.1, -0.05) is 17.7 Å². The first-order chi connectivity index (χ1) is 11.3. The molecule has 0 aromatic heterocycles. The maximum absolute atomic E-state index is 14.1. The van der Waals surface area contributed by atoms with Crippen molar-refractivity contribution in [3.63, 3.8) is 0 Å². The van der Waals surface area contributed by atoms with E-state index in [1.54, 1.807) is 6.07 Å². The average Bonchev–Trinajstić information content (AvgIpc) is 3.30. The van der Waals surface area contributed by atoms with Gasteiger partial charge in [-0.3, -0.25) is 0 Å². The van der Waals surface area contributed by atoms with Gasteiger partial charge in [-0.2, -0.15) is 17.0 Å². The summed E-state index contributed by atoms with van der Waals surface area (Å²) >= 11 is 6.09. The van der Waals surface area contributed by atoms with E-state index in [9.17, 15) is 12.8 Å². The van der Waals surface area contributed by atoms with Crippen LogP contribution in [0.15, 0.2) is 18.2 Å². The molecule has 3 rings (SSSR count). The highest BCUT2D eigenvalue weighted by Crippen LogP contribution is 2.34. The number of rotatable bonds is 5. The van der Waals surface area contributed by atoms with Crippen molar-refractivity contribution in [2.75, 3.05) is 13.1 Å². The Morgan fingerprint density at radius 2 is 1.92 bits per heavy atom. The zero-order valence-corrected chi connectivity index (χ0v) is 15.4. The summed E-state index contributed by atoms with van der Waals surface area (Å²) in [6, 6.07) is 4.32. The van der Waals surface area contributed by atoms with E-state index in [0.717, 1.165) is 12.8 Å². The summed E-state index contributed by atoms with van der Waals surface area (Å²) < 4.78 is 48.8. The minimum absolute atomic E-state index is 0.0430. The van der Waals surface area contributed by atoms with Crippen LogP contribution < -0.4 is 0 Å². The Labute approximate surface area is 147 Å². The van der Waals surface area contributed by atoms with E-state index in [1.807, 2.05) is 13.8 Å². The molecule has 1 aromatic rings. The number of benzene rings is 1. The molecule has 2 aliphatic rings. The van der Waals surface area contributed by atoms with Crippen molar-refractivity contribution in [3.05, 3.63) is 34.6 Å². The van der Waals surface area contributed by atoms with Crippen LogP contribution in [0.4, 0.5) is 4.39 Å². The van der Waals surface area contributed by atoms with Crippen LogP contribution >= 0.6 is 11.6 Å². The van der Waals surface area contributed by atoms with E-state index in [0.29, 0.717) is 13.1 Å². The minimum atomic E-state index is -3.70. The third kappa shape index (κ3) is 3.75. The normalized spacial score (nSPS) is 26.0. The molecule has 5 nitrogen and oxygen atoms in total. The van der Waals surface area contributed by atoms with Crippen LogP contribution in [0.3, 0.4) is 0 Å². The molecular weight excluding hydrogens is 355 g/mol. The van der Waals surface area contributed by atoms with Crippen LogP contribution in [0.2, 0.25) is 5.02 Å². The van der Waals surface area contributed by atoms with Crippen molar-refractivity contribution in [2.24, 2.45) is 0 Å². The number of ether oxygens (including phenoxy) is 1. The fraction of sp³-hybridized carbons (Fsp3) is 0.625. The Morgan fingerprint density at radius 1 is 1.29 bits per heavy atom. The molecule has 1 aliphatic carbocycles. The first-order valence-electron chi connectivity index (χ1n) is 8.14. The minimum Gasteiger partial charge on any atom is -0.373 e. The lowest BCUT2D eigenvalue weighted by Crippen LogP contribution is -2.53. The molecule has 24 heavy (non-hydrogen) atoms. The number of nitrogens with zero attached hydrogens (tertiary/aromatic N) is 2. The summed E-state index contributed by atoms with van der Waals surface area (Å²) in [6.07, 6.45) is 1.25. The van der Waals surface area contributed by atoms with Gasteiger partial charge in [-0.25, -0.2) is 4.39 Å². The summed E-state index contributed by atoms with van der Waals surface area (Å²) in [5.74, 6) is -0.480. The largest absolute Gasteiger partial charge is 0.373 e. The molecule has 2 fully saturated rings. The van der Waals surface area contributed by atoms with Crippen molar-refractivity contribution in [1.82, 2.24) is 8.61 Å². The smallest absolute Gasteiger partial charge is 0.282 e. The lowest BCUT2D eigenvalue weighted by Gasteiger charge is -2.37. The van der Waals surface area contributed by atoms with E-state index >= 15 is 0 Å². The fourth-order valence-corrected chi connectivity index (χ4v) is 5.26. The van der Waals surface area contributed by atoms with Crippen molar-refractivity contribution >= 4 is 21.8 Å². The molecule has 1 saturated carbocycles. The van der Waals surface area contributed by atoms with Crippen molar-refractivity contribution in [1.29, 1.82) is 0 Å². The van der Waals surface area contributed by atoms with E-state index < -0.39 is 16.0 Å². The highest BCUT2D eigenvalue weighted by atomic mass is 35.5. The Bertz CT molecular complexity index is 681. The maximum Gasteiger partial charge on any atom is 0.282 e. The fourth-order valence-electron chi connectivity index (χ4n) is 3.07. The predicted octanol–water partition coefficient (Wildman–Crippen LogP) is 2.80. The lowest BCUT2D eigenvalue weighted by atomic mass is 10.2. The maximum atomic E-state index is 14.1. The van der Waals surface area contributed by atoms with Gasteiger partial charge in [0.15, 0.2) is 0 Å². The quantitative estimate of drug-likeness (QED) is 0.794. The second-order valence-electron chi connectivity index (χ2n) is 6.56. The number of hydrogen-bond acceptors (Lipinski definition) is 3. The van der Waals surface area contributed by atoms with Crippen molar-refractivity contribution < 1.29 is 17.5 Å². The molecule has 0 spiro atoms. The molecule has 0 N–H and O–H groups in total. The SMILES string of the molecule is CC1CN(S(=O)(=O)N(Cc2c(F)cccc2Cl)C2CC2)CC(C)O1. The zero-order chi connectivity index (χ0) is 17.5. The van der Waals surface area contributed by atoms with Crippen molar-refractivity contribution in [3.8, 4) is 0 Å². The Balaban J connectivity index is 1.87. The molecule has 0 radical (unpaired) electrons. The van der Waals surface area contributed by atoms with Gasteiger partial charge in [0.1, 0.15) is 5.82 Å². The molecule has 1 saturated heterocycles. The topological polar surface area (TPSA) is 49.9 Å². The summed E-state index contributed by atoms with van der Waals surface area (Å²) in [7, 11) is -3.70. The Hall–Kier alpha value is -0.730. The first-order valence-corrected chi connectivity index (χ1v) is 9.91. The third-order valence-corrected chi connectivity index (χ3v) is 6.66. The molecule has 1 aromatic carbocycles. The van der Waals surface area contributed by atoms with Crippen LogP contribution in [0, 0.1) is 5.82 Å². The Morgan fingerprint density at radius 3 is 2.46 bits per heavy atom. The molecule has 134 valence electrons. The lowest BCUT2D eigenvalue weighted by molar-refractivity contribution is -0.0456. The molecule has 0 bridgehead atoms. The van der Waals surface area contributed by atoms with Crippen LogP contribution in [0.5, 0.6) is 0 Å². The van der Waals surface area contributed by atoms with Crippen LogP contribution in [0.1, 0.15) is 32.3 Å². The average molecular weight is 377 g/mol. The Kier molecular flexibility index (Phi) is 5.18. The molecule has 1 heterocycles. The summed E-state index contributed by atoms with van der Waals surface area (Å²) in [5, 5.41) is 0.250. The van der Waals surface area contributed by atoms with Gasteiger partial charge in [0.05, 0.1) is 12.2 Å². The highest BCUT2D eigenvalue weighted by Gasteiger charge is 2.43. The van der Waals surface area contributed by atoms with E-state index in [4.69, 9.17) is 16.3 Å². The van der Waals surface area contributed by atoms with Crippen LogP contribution in [-0.2, 0) is 21.5 Å². The van der Waals surface area contributed by atoms with Crippen LogP contribution in [0.25, 0.3) is 0 Å². The predicted molar refractivity (Wildman–Crippen MR) is 90.5 cm³/mol. The van der Waals surface area contributed by atoms with Gasteiger partial charge in [0, 0.05) is 36.3 Å². The molecule has 0 amide bonds. The summed E-state index contributed by atoms with van der Waals surface area (Å²) in [4.78, 5) is 0. The van der Waals surface area contributed by atoms with E-state index in [-0.39, 0.29) is 35.4 Å². The van der Waals surface area contributed by atoms with Gasteiger partial charge in [-0.15, -0.1) is 0 Å². The number of morpholine rings is 1. The molecule has 1 aliphatic heterocycles. The monoisotopic (exact) mass is 376 g/mol. The van der Waals surface area contributed by atoms with Gasteiger partial charge in [0.25, 0.3) is 10.2 Å². The first kappa shape index (κ1) is 18.1. The van der Waals surface area contributed by atoms with E-state index in [1.165, 1.54) is 20.7 Å². The van der Waals surface area contributed by atoms with Gasteiger partial charge < -0.3 is 4.74 Å². The molecule has 2 unspecified atom stereocenters. The molecular formula is C16H22ClFN2O3S. The van der Waals surface area contributed by atoms with Crippen LogP contribution in [-0.4, -0.2) is 48.4 Å². The zero-order valence-electron chi connectivity index (χ0n) is 13.8. The number of halogens is 2. The highest BCUT2D eigenvalue weighted by molar-refractivity contribution is 7.86. The van der Waals surface area contributed by atoms with Gasteiger partial charge in [-0.05, 0) is 38.8 Å². The second-order valence-corrected chi connectivity index (χ2v) is 8.85. The standard InChI is InChI=1S/C16H22ClFN2O3S/c1-11-8-19(9-12(2)23-11)24(21,22)20(13-6-7-13)10-14-15(17)4-3-5-16(14)18/h3-5,11-13H,6-10H2,1-2H3. The summed E-state index contributed by atoms with van der Waals surface area (Å²) in [6.45, 7) is 4.28. The van der Waals surface area contributed by atoms with Gasteiger partial charge >= 0.3 is 0 Å². The summed E-state index contributed by atoms with van der Waals surface area (Å²) in [5.41, 5.74) is 0.226. The molecule has 8 heteroatoms. The van der Waals surface area contributed by atoms with Gasteiger partial charge in [0.2, 0.25) is 0 Å². The van der Waals surface area contributed by atoms with E-state index in [2.05, 4.69) is 0 Å². The number of hydrogen-bond donors (Lipinski definition) is 0. The molecule has 2 atom stereocenters. The van der Waals surface area contributed by atoms with Crippen molar-refractivity contribution in [2.45, 2.75) is 51.5 Å².